The van der Waals surface area contributed by atoms with Gasteiger partial charge in [0.15, 0.2) is 5.78 Å². The highest BCUT2D eigenvalue weighted by Gasteiger charge is 2.23. The Bertz CT molecular complexity index is 366. The summed E-state index contributed by atoms with van der Waals surface area (Å²) in [5.74, 6) is 0.0568. The first-order valence-electron chi connectivity index (χ1n) is 5.40. The largest absolute Gasteiger partial charge is 0.391 e. The van der Waals surface area contributed by atoms with Gasteiger partial charge < -0.3 is 10.4 Å². The number of hydrogen-bond acceptors (Lipinski definition) is 3. The second kappa shape index (κ2) is 4.66. The Balaban J connectivity index is 2.80. The number of Topliss-reactive ketones (excluding diaryl/α,β-unsaturated/α-hetero) is 1. The Morgan fingerprint density at radius 2 is 1.81 bits per heavy atom. The number of aliphatic hydroxyl groups is 1. The number of rotatable bonds is 4. The van der Waals surface area contributed by atoms with Crippen LogP contribution in [0.25, 0.3) is 0 Å². The predicted molar refractivity (Wildman–Crippen MR) is 65.8 cm³/mol. The molecule has 0 aliphatic heterocycles. The Labute approximate surface area is 96.5 Å². The first kappa shape index (κ1) is 12.7. The standard InChI is InChI=1S/C13H19NO2/c1-9(15)11-5-7-12(8-6-11)14-13(3,4)10(2)16/h5-8,10,14,16H,1-4H3. The molecule has 16 heavy (non-hydrogen) atoms. The molecule has 1 aromatic rings. The monoisotopic (exact) mass is 221 g/mol. The van der Waals surface area contributed by atoms with E-state index < -0.39 is 11.6 Å². The normalized spacial score (nSPS) is 13.3. The number of aliphatic hydroxyl groups excluding tert-OH is 1. The summed E-state index contributed by atoms with van der Waals surface area (Å²) in [4.78, 5) is 11.1. The van der Waals surface area contributed by atoms with Crippen molar-refractivity contribution in [1.82, 2.24) is 0 Å². The maximum Gasteiger partial charge on any atom is 0.159 e. The molecule has 0 bridgehead atoms. The zero-order chi connectivity index (χ0) is 12.3. The number of ketones is 1. The topological polar surface area (TPSA) is 49.3 Å². The molecule has 0 heterocycles. The molecule has 1 aromatic carbocycles. The van der Waals surface area contributed by atoms with Crippen LogP contribution in [0.3, 0.4) is 0 Å². The summed E-state index contributed by atoms with van der Waals surface area (Å²) in [6.45, 7) is 7.15. The van der Waals surface area contributed by atoms with E-state index in [1.165, 1.54) is 0 Å². The lowest BCUT2D eigenvalue weighted by molar-refractivity contribution is 0.101. The predicted octanol–water partition coefficient (Wildman–Crippen LogP) is 2.46. The number of nitrogens with one attached hydrogen (secondary N) is 1. The Kier molecular flexibility index (Phi) is 3.70. The van der Waals surface area contributed by atoms with E-state index in [-0.39, 0.29) is 5.78 Å². The molecule has 0 aliphatic carbocycles. The van der Waals surface area contributed by atoms with Crippen LogP contribution in [0, 0.1) is 0 Å². The van der Waals surface area contributed by atoms with Crippen molar-refractivity contribution in [3.8, 4) is 0 Å². The molecule has 0 amide bonds. The molecule has 0 aromatic heterocycles. The fourth-order valence-electron chi connectivity index (χ4n) is 1.26. The van der Waals surface area contributed by atoms with Crippen LogP contribution < -0.4 is 5.32 Å². The third-order valence-electron chi connectivity index (χ3n) is 2.80. The van der Waals surface area contributed by atoms with Gasteiger partial charge in [-0.25, -0.2) is 0 Å². The molecular formula is C13H19NO2. The SMILES string of the molecule is CC(=O)c1ccc(NC(C)(C)C(C)O)cc1. The first-order valence-corrected chi connectivity index (χ1v) is 5.40. The lowest BCUT2D eigenvalue weighted by Gasteiger charge is -2.30. The zero-order valence-corrected chi connectivity index (χ0v) is 10.2. The van der Waals surface area contributed by atoms with Crippen molar-refractivity contribution in [2.45, 2.75) is 39.3 Å². The molecule has 0 aliphatic rings. The lowest BCUT2D eigenvalue weighted by atomic mass is 9.98. The van der Waals surface area contributed by atoms with E-state index in [0.29, 0.717) is 5.56 Å². The molecule has 1 rings (SSSR count). The van der Waals surface area contributed by atoms with Gasteiger partial charge >= 0.3 is 0 Å². The summed E-state index contributed by atoms with van der Waals surface area (Å²) in [6.07, 6.45) is -0.458. The number of benzene rings is 1. The second-order valence-corrected chi connectivity index (χ2v) is 4.66. The van der Waals surface area contributed by atoms with Gasteiger partial charge in [-0.1, -0.05) is 0 Å². The second-order valence-electron chi connectivity index (χ2n) is 4.66. The quantitative estimate of drug-likeness (QED) is 0.768. The summed E-state index contributed by atoms with van der Waals surface area (Å²) in [5.41, 5.74) is 1.20. The van der Waals surface area contributed by atoms with E-state index in [4.69, 9.17) is 0 Å². The Morgan fingerprint density at radius 1 is 1.31 bits per heavy atom. The van der Waals surface area contributed by atoms with Crippen LogP contribution in [-0.2, 0) is 0 Å². The fourth-order valence-corrected chi connectivity index (χ4v) is 1.26. The maximum absolute atomic E-state index is 11.1. The average molecular weight is 221 g/mol. The van der Waals surface area contributed by atoms with Crippen LogP contribution >= 0.6 is 0 Å². The van der Waals surface area contributed by atoms with Gasteiger partial charge in [0.2, 0.25) is 0 Å². The first-order chi connectivity index (χ1) is 7.33. The maximum atomic E-state index is 11.1. The van der Waals surface area contributed by atoms with Gasteiger partial charge in [0.25, 0.3) is 0 Å². The van der Waals surface area contributed by atoms with Crippen LogP contribution in [-0.4, -0.2) is 22.5 Å². The number of carbonyl (C=O) groups is 1. The molecule has 88 valence electrons. The molecule has 3 heteroatoms. The fraction of sp³-hybridized carbons (Fsp3) is 0.462. The average Bonchev–Trinajstić information content (AvgIpc) is 2.17. The van der Waals surface area contributed by atoms with Gasteiger partial charge in [-0.3, -0.25) is 4.79 Å². The summed E-state index contributed by atoms with van der Waals surface area (Å²) in [5, 5.41) is 12.8. The van der Waals surface area contributed by atoms with E-state index in [1.807, 2.05) is 26.0 Å². The van der Waals surface area contributed by atoms with Gasteiger partial charge in [-0.2, -0.15) is 0 Å². The smallest absolute Gasteiger partial charge is 0.159 e. The van der Waals surface area contributed by atoms with Gasteiger partial charge in [0.05, 0.1) is 11.6 Å². The van der Waals surface area contributed by atoms with Crippen molar-refractivity contribution in [1.29, 1.82) is 0 Å². The Hall–Kier alpha value is -1.35. The van der Waals surface area contributed by atoms with Crippen molar-refractivity contribution in [3.05, 3.63) is 29.8 Å². The van der Waals surface area contributed by atoms with Gasteiger partial charge in [0, 0.05) is 11.3 Å². The van der Waals surface area contributed by atoms with Crippen LogP contribution in [0.2, 0.25) is 0 Å². The van der Waals surface area contributed by atoms with Crippen LogP contribution in [0.1, 0.15) is 38.1 Å². The van der Waals surface area contributed by atoms with E-state index in [2.05, 4.69) is 5.32 Å². The van der Waals surface area contributed by atoms with Gasteiger partial charge in [-0.15, -0.1) is 0 Å². The molecule has 0 radical (unpaired) electrons. The summed E-state index contributed by atoms with van der Waals surface area (Å²) in [6, 6.07) is 7.26. The van der Waals surface area contributed by atoms with Crippen molar-refractivity contribution in [2.24, 2.45) is 0 Å². The number of carbonyl (C=O) groups excluding carboxylic acids is 1. The number of hydrogen-bond donors (Lipinski definition) is 2. The van der Waals surface area contributed by atoms with E-state index >= 15 is 0 Å². The highest BCUT2D eigenvalue weighted by atomic mass is 16.3. The third kappa shape index (κ3) is 3.07. The van der Waals surface area contributed by atoms with Gasteiger partial charge in [-0.05, 0) is 52.0 Å². The highest BCUT2D eigenvalue weighted by Crippen LogP contribution is 2.18. The van der Waals surface area contributed by atoms with Crippen LogP contribution in [0.15, 0.2) is 24.3 Å². The molecule has 2 N–H and O–H groups in total. The molecule has 1 unspecified atom stereocenters. The van der Waals surface area contributed by atoms with E-state index in [1.54, 1.807) is 26.0 Å². The molecule has 3 nitrogen and oxygen atoms in total. The van der Waals surface area contributed by atoms with Crippen molar-refractivity contribution in [2.75, 3.05) is 5.32 Å². The Morgan fingerprint density at radius 3 is 2.19 bits per heavy atom. The molecular weight excluding hydrogens is 202 g/mol. The molecule has 0 saturated carbocycles. The summed E-state index contributed by atoms with van der Waals surface area (Å²) >= 11 is 0. The van der Waals surface area contributed by atoms with Crippen molar-refractivity contribution >= 4 is 11.5 Å². The van der Waals surface area contributed by atoms with E-state index in [0.717, 1.165) is 5.69 Å². The van der Waals surface area contributed by atoms with Crippen LogP contribution in [0.5, 0.6) is 0 Å². The third-order valence-corrected chi connectivity index (χ3v) is 2.80. The van der Waals surface area contributed by atoms with Crippen LogP contribution in [0.4, 0.5) is 5.69 Å². The molecule has 0 spiro atoms. The van der Waals surface area contributed by atoms with Crippen molar-refractivity contribution in [3.63, 3.8) is 0 Å². The summed E-state index contributed by atoms with van der Waals surface area (Å²) < 4.78 is 0. The molecule has 0 saturated heterocycles. The highest BCUT2D eigenvalue weighted by molar-refractivity contribution is 5.94. The lowest BCUT2D eigenvalue weighted by Crippen LogP contribution is -2.41. The zero-order valence-electron chi connectivity index (χ0n) is 10.2. The minimum Gasteiger partial charge on any atom is -0.391 e. The number of anilines is 1. The van der Waals surface area contributed by atoms with Crippen molar-refractivity contribution < 1.29 is 9.90 Å². The minimum atomic E-state index is -0.458. The summed E-state index contributed by atoms with van der Waals surface area (Å²) in [7, 11) is 0. The molecule has 1 atom stereocenters. The van der Waals surface area contributed by atoms with E-state index in [9.17, 15) is 9.90 Å². The minimum absolute atomic E-state index is 0.0568. The van der Waals surface area contributed by atoms with Gasteiger partial charge in [0.1, 0.15) is 0 Å². The molecule has 0 fully saturated rings.